The highest BCUT2D eigenvalue weighted by Gasteiger charge is 2.23. The predicted octanol–water partition coefficient (Wildman–Crippen LogP) is 5.60. The van der Waals surface area contributed by atoms with E-state index in [1.54, 1.807) is 31.2 Å². The van der Waals surface area contributed by atoms with Crippen LogP contribution in [0, 0.1) is 18.6 Å². The monoisotopic (exact) mass is 708 g/mol. The third-order valence-electron chi connectivity index (χ3n) is 7.54. The number of hydrogen-bond acceptors (Lipinski definition) is 11. The summed E-state index contributed by atoms with van der Waals surface area (Å²) < 4.78 is 42.8. The zero-order valence-corrected chi connectivity index (χ0v) is 27.0. The summed E-state index contributed by atoms with van der Waals surface area (Å²) in [6, 6.07) is 19.9. The minimum Gasteiger partial charge on any atom is -0.505 e. The van der Waals surface area contributed by atoms with Gasteiger partial charge in [0.1, 0.15) is 47.7 Å². The standard InChI is InChI=1S/C37H26F2N4O9/c1-19-31-25(5-3-7-28(31)51-23-14-10-21(39)11-15-23)35(47)33(43-19)37(49)42-18-30(45)52-29(44)17-41-36(48)32-34(46)24-4-2-6-27(26(24)16-40-32)50-22-12-8-20(38)9-13-22/h2-16,46-47H,17-18H2,1H3,(H,41,48)(H,42,49). The van der Waals surface area contributed by atoms with Crippen molar-refractivity contribution in [1.29, 1.82) is 0 Å². The molecule has 13 nitrogen and oxygen atoms in total. The Kier molecular flexibility index (Phi) is 9.85. The van der Waals surface area contributed by atoms with Crippen LogP contribution in [0.25, 0.3) is 21.5 Å². The van der Waals surface area contributed by atoms with Crippen LogP contribution < -0.4 is 20.1 Å². The van der Waals surface area contributed by atoms with Crippen LogP contribution in [0.1, 0.15) is 26.7 Å². The molecule has 0 atom stereocenters. The molecule has 2 heterocycles. The summed E-state index contributed by atoms with van der Waals surface area (Å²) in [6.07, 6.45) is 1.28. The number of amides is 2. The number of carbonyl (C=O) groups excluding carboxylic acids is 4. The van der Waals surface area contributed by atoms with Gasteiger partial charge in [-0.1, -0.05) is 24.3 Å². The number of rotatable bonds is 10. The average Bonchev–Trinajstić information content (AvgIpc) is 3.13. The summed E-state index contributed by atoms with van der Waals surface area (Å²) in [5, 5.41) is 27.2. The number of hydrogen-bond donors (Lipinski definition) is 4. The lowest BCUT2D eigenvalue weighted by molar-refractivity contribution is -0.158. The minimum absolute atomic E-state index is 0.203. The molecule has 0 saturated heterocycles. The summed E-state index contributed by atoms with van der Waals surface area (Å²) in [5.74, 6) is -4.95. The van der Waals surface area contributed by atoms with Gasteiger partial charge in [-0.3, -0.25) is 9.59 Å². The number of fused-ring (bicyclic) bond motifs is 2. The first-order chi connectivity index (χ1) is 25.0. The van der Waals surface area contributed by atoms with Crippen molar-refractivity contribution >= 4 is 45.3 Å². The first-order valence-corrected chi connectivity index (χ1v) is 15.4. The van der Waals surface area contributed by atoms with Crippen molar-refractivity contribution in [3.63, 3.8) is 0 Å². The molecule has 52 heavy (non-hydrogen) atoms. The number of halogens is 2. The summed E-state index contributed by atoms with van der Waals surface area (Å²) in [5.41, 5.74) is -0.535. The van der Waals surface area contributed by atoms with Gasteiger partial charge in [-0.25, -0.2) is 28.3 Å². The molecule has 0 bridgehead atoms. The maximum absolute atomic E-state index is 13.3. The molecule has 6 aromatic rings. The van der Waals surface area contributed by atoms with Gasteiger partial charge in [0.2, 0.25) is 0 Å². The number of aromatic nitrogens is 2. The Morgan fingerprint density at radius 1 is 0.654 bits per heavy atom. The van der Waals surface area contributed by atoms with Gasteiger partial charge in [-0.15, -0.1) is 0 Å². The van der Waals surface area contributed by atoms with E-state index in [0.717, 1.165) is 0 Å². The lowest BCUT2D eigenvalue weighted by Gasteiger charge is -2.14. The van der Waals surface area contributed by atoms with Crippen LogP contribution in [0.15, 0.2) is 91.1 Å². The highest BCUT2D eigenvalue weighted by Crippen LogP contribution is 2.38. The van der Waals surface area contributed by atoms with Crippen LogP contribution in [0.3, 0.4) is 0 Å². The Hall–Kier alpha value is -7.16. The second kappa shape index (κ2) is 14.8. The second-order valence-corrected chi connectivity index (χ2v) is 11.1. The third-order valence-corrected chi connectivity index (χ3v) is 7.54. The molecule has 0 aliphatic carbocycles. The van der Waals surface area contributed by atoms with Crippen LogP contribution in [0.4, 0.5) is 8.78 Å². The van der Waals surface area contributed by atoms with E-state index in [4.69, 9.17) is 9.47 Å². The Morgan fingerprint density at radius 3 is 1.75 bits per heavy atom. The van der Waals surface area contributed by atoms with Crippen molar-refractivity contribution in [1.82, 2.24) is 20.6 Å². The number of benzene rings is 4. The van der Waals surface area contributed by atoms with Crippen LogP contribution in [0.2, 0.25) is 0 Å². The topological polar surface area (TPSA) is 186 Å². The van der Waals surface area contributed by atoms with E-state index in [1.807, 2.05) is 0 Å². The highest BCUT2D eigenvalue weighted by molar-refractivity contribution is 6.06. The molecule has 6 rings (SSSR count). The van der Waals surface area contributed by atoms with Gasteiger partial charge in [-0.2, -0.15) is 0 Å². The van der Waals surface area contributed by atoms with Gasteiger partial charge in [0, 0.05) is 27.7 Å². The summed E-state index contributed by atoms with van der Waals surface area (Å²) in [6.45, 7) is -0.00791. The largest absolute Gasteiger partial charge is 0.505 e. The molecule has 262 valence electrons. The van der Waals surface area contributed by atoms with Crippen LogP contribution in [-0.2, 0) is 14.3 Å². The molecular formula is C37H26F2N4O9. The molecule has 0 saturated carbocycles. The smallest absolute Gasteiger partial charge is 0.333 e. The molecule has 2 amide bonds. The Morgan fingerprint density at radius 2 is 1.15 bits per heavy atom. The third kappa shape index (κ3) is 7.52. The van der Waals surface area contributed by atoms with E-state index in [-0.39, 0.29) is 16.5 Å². The fourth-order valence-corrected chi connectivity index (χ4v) is 5.14. The summed E-state index contributed by atoms with van der Waals surface area (Å²) >= 11 is 0. The van der Waals surface area contributed by atoms with Gasteiger partial charge in [-0.05, 0) is 67.6 Å². The van der Waals surface area contributed by atoms with E-state index < -0.39 is 71.4 Å². The molecule has 0 aliphatic heterocycles. The van der Waals surface area contributed by atoms with E-state index >= 15 is 0 Å². The highest BCUT2D eigenvalue weighted by atomic mass is 19.1. The van der Waals surface area contributed by atoms with Crippen molar-refractivity contribution in [2.75, 3.05) is 13.1 Å². The molecule has 0 spiro atoms. The van der Waals surface area contributed by atoms with E-state index in [1.165, 1.54) is 66.9 Å². The predicted molar refractivity (Wildman–Crippen MR) is 180 cm³/mol. The van der Waals surface area contributed by atoms with Gasteiger partial charge >= 0.3 is 11.9 Å². The van der Waals surface area contributed by atoms with Crippen molar-refractivity contribution in [3.05, 3.63) is 120 Å². The lowest BCUT2D eigenvalue weighted by Crippen LogP contribution is -2.36. The van der Waals surface area contributed by atoms with Crippen LogP contribution in [0.5, 0.6) is 34.5 Å². The van der Waals surface area contributed by atoms with Gasteiger partial charge in [0.25, 0.3) is 11.8 Å². The molecule has 0 radical (unpaired) electrons. The average molecular weight is 709 g/mol. The van der Waals surface area contributed by atoms with Gasteiger partial charge in [0.05, 0.1) is 5.69 Å². The van der Waals surface area contributed by atoms with Crippen LogP contribution in [-0.4, -0.2) is 57.0 Å². The lowest BCUT2D eigenvalue weighted by atomic mass is 10.1. The number of esters is 2. The normalized spacial score (nSPS) is 10.8. The molecular weight excluding hydrogens is 682 g/mol. The van der Waals surface area contributed by atoms with E-state index in [9.17, 15) is 38.2 Å². The van der Waals surface area contributed by atoms with Gasteiger partial charge < -0.3 is 35.1 Å². The number of ether oxygens (including phenoxy) is 3. The number of nitrogens with zero attached hydrogens (tertiary/aromatic N) is 2. The van der Waals surface area contributed by atoms with Crippen molar-refractivity contribution in [3.8, 4) is 34.5 Å². The number of aromatic hydroxyl groups is 2. The summed E-state index contributed by atoms with van der Waals surface area (Å²) in [7, 11) is 0. The summed E-state index contributed by atoms with van der Waals surface area (Å²) in [4.78, 5) is 58.4. The Balaban J connectivity index is 1.04. The minimum atomic E-state index is -1.18. The number of carbonyl (C=O) groups is 4. The zero-order valence-electron chi connectivity index (χ0n) is 27.0. The van der Waals surface area contributed by atoms with Gasteiger partial charge in [0.15, 0.2) is 22.9 Å². The number of pyridine rings is 2. The second-order valence-electron chi connectivity index (χ2n) is 11.1. The number of nitrogens with one attached hydrogen (secondary N) is 2. The fourth-order valence-electron chi connectivity index (χ4n) is 5.14. The molecule has 0 aliphatic rings. The molecule has 4 N–H and O–H groups in total. The quantitative estimate of drug-likeness (QED) is 0.103. The molecule has 0 unspecified atom stereocenters. The molecule has 15 heteroatoms. The van der Waals surface area contributed by atoms with Crippen molar-refractivity contribution < 1.29 is 52.4 Å². The number of aryl methyl sites for hydroxylation is 1. The molecule has 2 aromatic heterocycles. The van der Waals surface area contributed by atoms with Crippen molar-refractivity contribution in [2.45, 2.75) is 6.92 Å². The SMILES string of the molecule is Cc1nc(C(=O)NCC(=O)OC(=O)CNC(=O)c2ncc3c(Oc4ccc(F)cc4)cccc3c2O)c(O)c2cccc(Oc3ccc(F)cc3)c12. The maximum atomic E-state index is 13.3. The van der Waals surface area contributed by atoms with E-state index in [0.29, 0.717) is 33.7 Å². The zero-order chi connectivity index (χ0) is 36.9. The van der Waals surface area contributed by atoms with Crippen LogP contribution >= 0.6 is 0 Å². The van der Waals surface area contributed by atoms with E-state index in [2.05, 4.69) is 25.3 Å². The molecule has 4 aromatic carbocycles. The fraction of sp³-hybridized carbons (Fsp3) is 0.0811. The Labute approximate surface area is 292 Å². The van der Waals surface area contributed by atoms with Crippen molar-refractivity contribution in [2.24, 2.45) is 0 Å². The first kappa shape index (κ1) is 34.7. The first-order valence-electron chi connectivity index (χ1n) is 15.4. The molecule has 0 fully saturated rings. The Bertz CT molecular complexity index is 2370. The maximum Gasteiger partial charge on any atom is 0.333 e.